The second-order valence-corrected chi connectivity index (χ2v) is 3.79. The Morgan fingerprint density at radius 1 is 1.50 bits per heavy atom. The molecule has 2 N–H and O–H groups in total. The molecule has 0 aliphatic heterocycles. The molecule has 0 atom stereocenters. The van der Waals surface area contributed by atoms with Crippen molar-refractivity contribution in [2.75, 3.05) is 6.26 Å². The van der Waals surface area contributed by atoms with Crippen LogP contribution in [0.4, 0.5) is 5.69 Å². The first-order chi connectivity index (χ1) is 5.74. The zero-order valence-corrected chi connectivity index (χ0v) is 9.02. The van der Waals surface area contributed by atoms with Gasteiger partial charge < -0.3 is 5.73 Å². The zero-order chi connectivity index (χ0) is 8.97. The molecule has 0 aliphatic rings. The number of halogens is 1. The standard InChI is InChI=1S/C8H9BrN2S/c1-12-8(10)11-7-5-3-2-4-6(7)9/h2-5H,1H3,(H2,10,11). The van der Waals surface area contributed by atoms with E-state index in [-0.39, 0.29) is 0 Å². The average Bonchev–Trinajstić information content (AvgIpc) is 2.09. The molecule has 1 rings (SSSR count). The summed E-state index contributed by atoms with van der Waals surface area (Å²) in [7, 11) is 0. The number of hydrogen-bond donors (Lipinski definition) is 1. The summed E-state index contributed by atoms with van der Waals surface area (Å²) in [6.07, 6.45) is 1.90. The van der Waals surface area contributed by atoms with E-state index in [0.29, 0.717) is 5.17 Å². The van der Waals surface area contributed by atoms with Gasteiger partial charge in [-0.05, 0) is 34.3 Å². The van der Waals surface area contributed by atoms with Crippen LogP contribution in [0, 0.1) is 0 Å². The van der Waals surface area contributed by atoms with E-state index in [2.05, 4.69) is 20.9 Å². The quantitative estimate of drug-likeness (QED) is 0.610. The molecule has 0 spiro atoms. The molecule has 0 saturated carbocycles. The summed E-state index contributed by atoms with van der Waals surface area (Å²) < 4.78 is 0.960. The Bertz CT molecular complexity index is 299. The van der Waals surface area contributed by atoms with Crippen molar-refractivity contribution in [3.8, 4) is 0 Å². The summed E-state index contributed by atoms with van der Waals surface area (Å²) in [6, 6.07) is 7.72. The van der Waals surface area contributed by atoms with Crippen molar-refractivity contribution in [1.82, 2.24) is 0 Å². The van der Waals surface area contributed by atoms with E-state index in [9.17, 15) is 0 Å². The van der Waals surface area contributed by atoms with Crippen molar-refractivity contribution in [2.24, 2.45) is 10.7 Å². The Balaban J connectivity index is 2.96. The van der Waals surface area contributed by atoms with Crippen molar-refractivity contribution in [3.05, 3.63) is 28.7 Å². The number of nitrogens with zero attached hydrogens (tertiary/aromatic N) is 1. The SMILES string of the molecule is CSC(N)=Nc1ccccc1Br. The van der Waals surface area contributed by atoms with Crippen LogP contribution in [-0.4, -0.2) is 11.4 Å². The molecule has 0 unspecified atom stereocenters. The summed E-state index contributed by atoms with van der Waals surface area (Å²) in [6.45, 7) is 0. The van der Waals surface area contributed by atoms with Crippen molar-refractivity contribution in [2.45, 2.75) is 0 Å². The van der Waals surface area contributed by atoms with Gasteiger partial charge in [0.15, 0.2) is 5.17 Å². The third-order valence-electron chi connectivity index (χ3n) is 1.29. The van der Waals surface area contributed by atoms with Gasteiger partial charge in [-0.3, -0.25) is 0 Å². The van der Waals surface area contributed by atoms with Crippen LogP contribution in [0.5, 0.6) is 0 Å². The Morgan fingerprint density at radius 2 is 2.17 bits per heavy atom. The molecular weight excluding hydrogens is 236 g/mol. The lowest BCUT2D eigenvalue weighted by Crippen LogP contribution is -2.04. The van der Waals surface area contributed by atoms with Crippen LogP contribution in [0.25, 0.3) is 0 Å². The predicted octanol–water partition coefficient (Wildman–Crippen LogP) is 2.76. The molecule has 0 bridgehead atoms. The van der Waals surface area contributed by atoms with Gasteiger partial charge in [0.1, 0.15) is 0 Å². The lowest BCUT2D eigenvalue weighted by atomic mass is 10.3. The smallest absolute Gasteiger partial charge is 0.158 e. The maximum absolute atomic E-state index is 5.57. The number of hydrogen-bond acceptors (Lipinski definition) is 2. The number of benzene rings is 1. The Kier molecular flexibility index (Phi) is 3.62. The van der Waals surface area contributed by atoms with Crippen LogP contribution in [0.3, 0.4) is 0 Å². The zero-order valence-electron chi connectivity index (χ0n) is 6.62. The van der Waals surface area contributed by atoms with Crippen molar-refractivity contribution in [1.29, 1.82) is 0 Å². The molecule has 1 aromatic rings. The lowest BCUT2D eigenvalue weighted by molar-refractivity contribution is 1.48. The second kappa shape index (κ2) is 4.52. The van der Waals surface area contributed by atoms with Gasteiger partial charge in [-0.1, -0.05) is 23.9 Å². The van der Waals surface area contributed by atoms with Crippen LogP contribution >= 0.6 is 27.7 Å². The number of para-hydroxylation sites is 1. The third-order valence-corrected chi connectivity index (χ3v) is 2.47. The van der Waals surface area contributed by atoms with Crippen molar-refractivity contribution >= 4 is 38.5 Å². The largest absolute Gasteiger partial charge is 0.378 e. The first kappa shape index (κ1) is 9.61. The van der Waals surface area contributed by atoms with Gasteiger partial charge in [0.05, 0.1) is 5.69 Å². The third kappa shape index (κ3) is 2.53. The van der Waals surface area contributed by atoms with Gasteiger partial charge in [-0.25, -0.2) is 4.99 Å². The van der Waals surface area contributed by atoms with E-state index in [4.69, 9.17) is 5.73 Å². The fraction of sp³-hybridized carbons (Fsp3) is 0.125. The van der Waals surface area contributed by atoms with Gasteiger partial charge in [-0.15, -0.1) is 0 Å². The maximum atomic E-state index is 5.57. The van der Waals surface area contributed by atoms with Gasteiger partial charge in [0, 0.05) is 4.47 Å². The molecule has 0 aliphatic carbocycles. The minimum absolute atomic E-state index is 0.571. The molecule has 64 valence electrons. The van der Waals surface area contributed by atoms with E-state index in [0.717, 1.165) is 10.2 Å². The lowest BCUT2D eigenvalue weighted by Gasteiger charge is -1.98. The van der Waals surface area contributed by atoms with Crippen LogP contribution in [0.2, 0.25) is 0 Å². The Morgan fingerprint density at radius 3 is 2.75 bits per heavy atom. The number of nitrogens with two attached hydrogens (primary N) is 1. The maximum Gasteiger partial charge on any atom is 0.158 e. The summed E-state index contributed by atoms with van der Waals surface area (Å²) in [5, 5.41) is 0.571. The van der Waals surface area contributed by atoms with Crippen molar-refractivity contribution < 1.29 is 0 Å². The molecule has 0 amide bonds. The van der Waals surface area contributed by atoms with Crippen molar-refractivity contribution in [3.63, 3.8) is 0 Å². The van der Waals surface area contributed by atoms with E-state index in [1.807, 2.05) is 30.5 Å². The predicted molar refractivity (Wildman–Crippen MR) is 58.9 cm³/mol. The molecule has 12 heavy (non-hydrogen) atoms. The van der Waals surface area contributed by atoms with Gasteiger partial charge in [-0.2, -0.15) is 0 Å². The molecule has 4 heteroatoms. The average molecular weight is 245 g/mol. The minimum Gasteiger partial charge on any atom is -0.378 e. The molecule has 0 radical (unpaired) electrons. The van der Waals surface area contributed by atoms with Gasteiger partial charge in [0.25, 0.3) is 0 Å². The topological polar surface area (TPSA) is 38.4 Å². The van der Waals surface area contributed by atoms with E-state index < -0.39 is 0 Å². The normalized spacial score (nSPS) is 11.7. The first-order valence-corrected chi connectivity index (χ1v) is 5.38. The number of rotatable bonds is 1. The highest BCUT2D eigenvalue weighted by Crippen LogP contribution is 2.24. The number of amidine groups is 1. The molecule has 2 nitrogen and oxygen atoms in total. The highest BCUT2D eigenvalue weighted by Gasteiger charge is 1.95. The summed E-state index contributed by atoms with van der Waals surface area (Å²) in [5.74, 6) is 0. The van der Waals surface area contributed by atoms with E-state index >= 15 is 0 Å². The molecule has 0 fully saturated rings. The summed E-state index contributed by atoms with van der Waals surface area (Å²) in [4.78, 5) is 4.19. The minimum atomic E-state index is 0.571. The fourth-order valence-electron chi connectivity index (χ4n) is 0.707. The van der Waals surface area contributed by atoms with E-state index in [1.165, 1.54) is 11.8 Å². The Hall–Kier alpha value is -0.480. The number of aliphatic imine (C=N–C) groups is 1. The monoisotopic (exact) mass is 244 g/mol. The summed E-state index contributed by atoms with van der Waals surface area (Å²) in [5.41, 5.74) is 6.43. The van der Waals surface area contributed by atoms with Crippen LogP contribution in [0.15, 0.2) is 33.7 Å². The molecule has 0 heterocycles. The van der Waals surface area contributed by atoms with Crippen LogP contribution < -0.4 is 5.73 Å². The highest BCUT2D eigenvalue weighted by molar-refractivity contribution is 9.10. The van der Waals surface area contributed by atoms with Gasteiger partial charge in [0.2, 0.25) is 0 Å². The van der Waals surface area contributed by atoms with Gasteiger partial charge >= 0.3 is 0 Å². The van der Waals surface area contributed by atoms with E-state index in [1.54, 1.807) is 0 Å². The molecule has 0 saturated heterocycles. The molecule has 0 aromatic heterocycles. The number of thioether (sulfide) groups is 1. The Labute approximate surface area is 84.4 Å². The second-order valence-electron chi connectivity index (χ2n) is 2.11. The first-order valence-electron chi connectivity index (χ1n) is 3.36. The summed E-state index contributed by atoms with van der Waals surface area (Å²) >= 11 is 4.82. The highest BCUT2D eigenvalue weighted by atomic mass is 79.9. The molecular formula is C8H9BrN2S. The van der Waals surface area contributed by atoms with Crippen LogP contribution in [-0.2, 0) is 0 Å². The fourth-order valence-corrected chi connectivity index (χ4v) is 1.27. The molecule has 1 aromatic carbocycles. The van der Waals surface area contributed by atoms with Crippen LogP contribution in [0.1, 0.15) is 0 Å².